The van der Waals surface area contributed by atoms with Crippen molar-refractivity contribution in [3.8, 4) is 5.75 Å². The van der Waals surface area contributed by atoms with E-state index in [4.69, 9.17) is 4.74 Å². The fourth-order valence-corrected chi connectivity index (χ4v) is 2.14. The highest BCUT2D eigenvalue weighted by atomic mass is 16.5. The summed E-state index contributed by atoms with van der Waals surface area (Å²) in [7, 11) is 1.67. The molecule has 5 nitrogen and oxygen atoms in total. The molecule has 0 bridgehead atoms. The van der Waals surface area contributed by atoms with E-state index in [0.717, 1.165) is 5.69 Å². The summed E-state index contributed by atoms with van der Waals surface area (Å²) in [6, 6.07) is 14.5. The average molecular weight is 314 g/mol. The largest absolute Gasteiger partial charge is 0.478 e. The number of nitrogens with zero attached hydrogens (tertiary/aromatic N) is 2. The molecule has 0 saturated heterocycles. The lowest BCUT2D eigenvalue weighted by Gasteiger charge is -2.32. The molecule has 0 aliphatic carbocycles. The van der Waals surface area contributed by atoms with Crippen LogP contribution in [0, 0.1) is 0 Å². The number of hydrogen-bond acceptors (Lipinski definition) is 4. The van der Waals surface area contributed by atoms with Gasteiger partial charge in [0.2, 0.25) is 6.10 Å². The molecule has 1 heterocycles. The van der Waals surface area contributed by atoms with E-state index >= 15 is 0 Å². The summed E-state index contributed by atoms with van der Waals surface area (Å²) in [5, 5.41) is 10.3. The van der Waals surface area contributed by atoms with Crippen LogP contribution in [-0.2, 0) is 11.3 Å². The number of carbonyl (C=O) groups is 1. The highest BCUT2D eigenvalue weighted by molar-refractivity contribution is 5.82. The minimum Gasteiger partial charge on any atom is -0.478 e. The Morgan fingerprint density at radius 1 is 1.22 bits per heavy atom. The molecule has 122 valence electrons. The Balaban J connectivity index is 2.13. The third kappa shape index (κ3) is 4.79. The van der Waals surface area contributed by atoms with Gasteiger partial charge in [-0.2, -0.15) is 0 Å². The zero-order valence-corrected chi connectivity index (χ0v) is 13.6. The van der Waals surface area contributed by atoms with Crippen molar-refractivity contribution in [1.29, 1.82) is 0 Å². The predicted molar refractivity (Wildman–Crippen MR) is 87.9 cm³/mol. The van der Waals surface area contributed by atoms with Gasteiger partial charge >= 0.3 is 0 Å². The maximum atomic E-state index is 12.7. The molecule has 0 aliphatic rings. The summed E-state index contributed by atoms with van der Waals surface area (Å²) >= 11 is 0. The van der Waals surface area contributed by atoms with Crippen molar-refractivity contribution >= 4 is 5.91 Å². The summed E-state index contributed by atoms with van der Waals surface area (Å²) in [4.78, 5) is 18.4. The zero-order valence-electron chi connectivity index (χ0n) is 13.6. The van der Waals surface area contributed by atoms with Crippen molar-refractivity contribution in [1.82, 2.24) is 9.88 Å². The van der Waals surface area contributed by atoms with Crippen LogP contribution in [0.25, 0.3) is 0 Å². The Morgan fingerprint density at radius 3 is 2.43 bits per heavy atom. The summed E-state index contributed by atoms with van der Waals surface area (Å²) < 4.78 is 5.74. The van der Waals surface area contributed by atoms with Crippen LogP contribution in [0.4, 0.5) is 0 Å². The van der Waals surface area contributed by atoms with Crippen molar-refractivity contribution in [3.05, 3.63) is 60.4 Å². The molecule has 0 radical (unpaired) electrons. The smallest absolute Gasteiger partial charge is 0.266 e. The number of benzene rings is 1. The van der Waals surface area contributed by atoms with Gasteiger partial charge in [0.15, 0.2) is 0 Å². The monoisotopic (exact) mass is 314 g/mol. The minimum atomic E-state index is -1.31. The van der Waals surface area contributed by atoms with Gasteiger partial charge in [0.25, 0.3) is 5.91 Å². The number of hydrogen-bond donors (Lipinski definition) is 1. The fraction of sp³-hybridized carbons (Fsp3) is 0.333. The molecule has 0 aliphatic heterocycles. The van der Waals surface area contributed by atoms with Gasteiger partial charge in [-0.15, -0.1) is 0 Å². The Hall–Kier alpha value is -2.40. The molecule has 5 heteroatoms. The van der Waals surface area contributed by atoms with E-state index in [1.165, 1.54) is 4.90 Å². The van der Waals surface area contributed by atoms with E-state index in [1.54, 1.807) is 39.2 Å². The molecule has 0 spiro atoms. The summed E-state index contributed by atoms with van der Waals surface area (Å²) in [6.45, 7) is 3.48. The van der Waals surface area contributed by atoms with Gasteiger partial charge < -0.3 is 14.7 Å². The number of aromatic nitrogens is 1. The van der Waals surface area contributed by atoms with Crippen molar-refractivity contribution in [3.63, 3.8) is 0 Å². The molecule has 1 aromatic heterocycles. The summed E-state index contributed by atoms with van der Waals surface area (Å²) in [5.41, 5.74) is -0.539. The first kappa shape index (κ1) is 17.0. The number of ether oxygens (including phenoxy) is 1. The molecule has 23 heavy (non-hydrogen) atoms. The Morgan fingerprint density at radius 2 is 1.87 bits per heavy atom. The first-order chi connectivity index (χ1) is 10.9. The van der Waals surface area contributed by atoms with Crippen LogP contribution in [-0.4, -0.2) is 39.7 Å². The molecular formula is C18H22N2O3. The van der Waals surface area contributed by atoms with Crippen molar-refractivity contribution in [2.24, 2.45) is 0 Å². The quantitative estimate of drug-likeness (QED) is 0.888. The van der Waals surface area contributed by atoms with Crippen LogP contribution in [0.2, 0.25) is 0 Å². The van der Waals surface area contributed by atoms with Crippen LogP contribution in [0.3, 0.4) is 0 Å². The van der Waals surface area contributed by atoms with E-state index in [-0.39, 0.29) is 5.91 Å². The maximum Gasteiger partial charge on any atom is 0.266 e. The van der Waals surface area contributed by atoms with E-state index < -0.39 is 11.7 Å². The zero-order chi connectivity index (χ0) is 16.9. The molecule has 1 N–H and O–H groups in total. The first-order valence-electron chi connectivity index (χ1n) is 7.47. The van der Waals surface area contributed by atoms with Gasteiger partial charge in [0.1, 0.15) is 11.4 Å². The van der Waals surface area contributed by atoms with Crippen LogP contribution in [0.1, 0.15) is 19.5 Å². The summed E-state index contributed by atoms with van der Waals surface area (Å²) in [6.07, 6.45) is 0.681. The Labute approximate surface area is 136 Å². The highest BCUT2D eigenvalue weighted by Gasteiger charge is 2.37. The number of rotatable bonds is 6. The van der Waals surface area contributed by atoms with E-state index in [2.05, 4.69) is 4.98 Å². The van der Waals surface area contributed by atoms with Crippen molar-refractivity contribution in [2.75, 3.05) is 7.05 Å². The molecule has 1 unspecified atom stereocenters. The number of para-hydroxylation sites is 1. The molecule has 2 rings (SSSR count). The number of aliphatic hydroxyl groups is 1. The molecule has 1 amide bonds. The first-order valence-corrected chi connectivity index (χ1v) is 7.47. The SMILES string of the molecule is CN(Cc1ccccn1)C(=O)C(Oc1ccccc1)C(C)(C)O. The molecular weight excluding hydrogens is 292 g/mol. The van der Waals surface area contributed by atoms with Gasteiger partial charge in [-0.25, -0.2) is 0 Å². The second kappa shape index (κ2) is 7.24. The molecule has 1 atom stereocenters. The minimum absolute atomic E-state index is 0.299. The van der Waals surface area contributed by atoms with E-state index in [9.17, 15) is 9.90 Å². The third-order valence-electron chi connectivity index (χ3n) is 3.36. The number of pyridine rings is 1. The highest BCUT2D eigenvalue weighted by Crippen LogP contribution is 2.20. The Kier molecular flexibility index (Phi) is 5.34. The van der Waals surface area contributed by atoms with Crippen LogP contribution < -0.4 is 4.74 Å². The lowest BCUT2D eigenvalue weighted by Crippen LogP contribution is -2.51. The second-order valence-corrected chi connectivity index (χ2v) is 5.98. The van der Waals surface area contributed by atoms with Crippen LogP contribution in [0.15, 0.2) is 54.7 Å². The molecule has 2 aromatic rings. The fourth-order valence-electron chi connectivity index (χ4n) is 2.14. The lowest BCUT2D eigenvalue weighted by atomic mass is 10.0. The number of carbonyl (C=O) groups excluding carboxylic acids is 1. The topological polar surface area (TPSA) is 62.7 Å². The lowest BCUT2D eigenvalue weighted by molar-refractivity contribution is -0.149. The maximum absolute atomic E-state index is 12.7. The predicted octanol–water partition coefficient (Wildman–Crippen LogP) is 2.26. The molecule has 0 fully saturated rings. The van der Waals surface area contributed by atoms with E-state index in [1.807, 2.05) is 36.4 Å². The van der Waals surface area contributed by atoms with Gasteiger partial charge in [-0.05, 0) is 38.1 Å². The standard InChI is InChI=1S/C18H22N2O3/c1-18(2,22)16(23-15-10-5-4-6-11-15)17(21)20(3)13-14-9-7-8-12-19-14/h4-12,16,22H,13H2,1-3H3. The van der Waals surface area contributed by atoms with Gasteiger partial charge in [-0.1, -0.05) is 24.3 Å². The number of likely N-dealkylation sites (N-methyl/N-ethyl adjacent to an activating group) is 1. The van der Waals surface area contributed by atoms with Crippen molar-refractivity contribution in [2.45, 2.75) is 32.1 Å². The van der Waals surface area contributed by atoms with Crippen molar-refractivity contribution < 1.29 is 14.6 Å². The van der Waals surface area contributed by atoms with E-state index in [0.29, 0.717) is 12.3 Å². The average Bonchev–Trinajstić information content (AvgIpc) is 2.53. The second-order valence-electron chi connectivity index (χ2n) is 5.98. The normalized spacial score (nSPS) is 12.5. The summed E-state index contributed by atoms with van der Waals surface area (Å²) in [5.74, 6) is 0.242. The molecule has 1 aromatic carbocycles. The van der Waals surface area contributed by atoms with Gasteiger partial charge in [-0.3, -0.25) is 9.78 Å². The van der Waals surface area contributed by atoms with Crippen LogP contribution in [0.5, 0.6) is 5.75 Å². The number of amides is 1. The Bertz CT molecular complexity index is 624. The third-order valence-corrected chi connectivity index (χ3v) is 3.36. The van der Waals surface area contributed by atoms with Crippen LogP contribution >= 0.6 is 0 Å². The van der Waals surface area contributed by atoms with Gasteiger partial charge in [0, 0.05) is 13.2 Å². The molecule has 0 saturated carbocycles. The van der Waals surface area contributed by atoms with Gasteiger partial charge in [0.05, 0.1) is 12.2 Å².